The number of hydrogen-bond acceptors (Lipinski definition) is 5. The van der Waals surface area contributed by atoms with Gasteiger partial charge < -0.3 is 10.1 Å². The smallest absolute Gasteiger partial charge is 0.321 e. The number of thioether (sulfide) groups is 1. The average molecular weight is 390 g/mol. The zero-order chi connectivity index (χ0) is 19.6. The summed E-state index contributed by atoms with van der Waals surface area (Å²) in [5.74, 6) is -2.02. The average Bonchev–Trinajstić information content (AvgIpc) is 2.66. The number of amides is 3. The first-order valence-corrected chi connectivity index (χ1v) is 9.13. The number of esters is 1. The quantitative estimate of drug-likeness (QED) is 0.561. The van der Waals surface area contributed by atoms with Gasteiger partial charge in [-0.2, -0.15) is 0 Å². The lowest BCUT2D eigenvalue weighted by Gasteiger charge is -2.13. The molecule has 2 aromatic rings. The summed E-state index contributed by atoms with van der Waals surface area (Å²) in [7, 11) is 0. The lowest BCUT2D eigenvalue weighted by Crippen LogP contribution is -2.44. The van der Waals surface area contributed by atoms with Gasteiger partial charge in [-0.05, 0) is 24.6 Å². The molecule has 0 aliphatic heterocycles. The maximum atomic E-state index is 13.5. The van der Waals surface area contributed by atoms with E-state index in [1.54, 1.807) is 18.2 Å². The molecule has 0 heterocycles. The number of imide groups is 1. The zero-order valence-electron chi connectivity index (χ0n) is 14.6. The highest BCUT2D eigenvalue weighted by Crippen LogP contribution is 2.21. The van der Waals surface area contributed by atoms with Crippen LogP contribution in [0.2, 0.25) is 0 Å². The normalized spacial score (nSPS) is 11.3. The Morgan fingerprint density at radius 3 is 2.44 bits per heavy atom. The second kappa shape index (κ2) is 10.3. The minimum absolute atomic E-state index is 0.154. The van der Waals surface area contributed by atoms with E-state index in [1.807, 2.05) is 30.3 Å². The van der Waals surface area contributed by atoms with E-state index in [0.29, 0.717) is 4.90 Å². The number of carbonyl (C=O) groups excluding carboxylic acids is 3. The topological polar surface area (TPSA) is 84.5 Å². The number of hydrogen-bond donors (Lipinski definition) is 2. The predicted molar refractivity (Wildman–Crippen MR) is 99.5 cm³/mol. The number of halogens is 1. The van der Waals surface area contributed by atoms with Gasteiger partial charge in [0.15, 0.2) is 6.10 Å². The summed E-state index contributed by atoms with van der Waals surface area (Å²) in [6, 6.07) is 14.5. The van der Waals surface area contributed by atoms with Crippen LogP contribution in [0.1, 0.15) is 12.5 Å². The van der Waals surface area contributed by atoms with Crippen LogP contribution >= 0.6 is 11.8 Å². The van der Waals surface area contributed by atoms with Crippen molar-refractivity contribution < 1.29 is 23.5 Å². The first-order chi connectivity index (χ1) is 13.0. The third-order valence-corrected chi connectivity index (χ3v) is 4.41. The van der Waals surface area contributed by atoms with Gasteiger partial charge in [-0.1, -0.05) is 42.5 Å². The van der Waals surface area contributed by atoms with Crippen molar-refractivity contribution >= 4 is 29.7 Å². The Morgan fingerprint density at radius 2 is 1.74 bits per heavy atom. The summed E-state index contributed by atoms with van der Waals surface area (Å²) in [6.45, 7) is 1.61. The van der Waals surface area contributed by atoms with Crippen LogP contribution in [0.5, 0.6) is 0 Å². The van der Waals surface area contributed by atoms with Crippen molar-refractivity contribution in [2.75, 3.05) is 5.75 Å². The van der Waals surface area contributed by atoms with Gasteiger partial charge in [0.1, 0.15) is 5.82 Å². The van der Waals surface area contributed by atoms with Crippen molar-refractivity contribution in [1.82, 2.24) is 10.6 Å². The summed E-state index contributed by atoms with van der Waals surface area (Å²) in [5.41, 5.74) is 0.879. The van der Waals surface area contributed by atoms with Crippen LogP contribution in [-0.2, 0) is 20.9 Å². The maximum absolute atomic E-state index is 13.5. The van der Waals surface area contributed by atoms with Crippen LogP contribution in [-0.4, -0.2) is 29.8 Å². The van der Waals surface area contributed by atoms with Gasteiger partial charge in [0.05, 0.1) is 5.75 Å². The summed E-state index contributed by atoms with van der Waals surface area (Å²) in [4.78, 5) is 35.8. The molecule has 0 bridgehead atoms. The second-order valence-corrected chi connectivity index (χ2v) is 6.53. The third-order valence-electron chi connectivity index (χ3n) is 3.39. The van der Waals surface area contributed by atoms with Crippen molar-refractivity contribution in [3.63, 3.8) is 0 Å². The molecule has 6 nitrogen and oxygen atoms in total. The fourth-order valence-electron chi connectivity index (χ4n) is 2.02. The highest BCUT2D eigenvalue weighted by Gasteiger charge is 2.20. The number of ether oxygens (including phenoxy) is 1. The lowest BCUT2D eigenvalue weighted by molar-refractivity contribution is -0.151. The van der Waals surface area contributed by atoms with Gasteiger partial charge in [-0.3, -0.25) is 14.9 Å². The lowest BCUT2D eigenvalue weighted by atomic mass is 10.2. The summed E-state index contributed by atoms with van der Waals surface area (Å²) in [5, 5.41) is 4.64. The minimum atomic E-state index is -1.15. The molecule has 0 aliphatic rings. The minimum Gasteiger partial charge on any atom is -0.452 e. The Labute approximate surface area is 160 Å². The Balaban J connectivity index is 1.71. The highest BCUT2D eigenvalue weighted by atomic mass is 32.2. The van der Waals surface area contributed by atoms with E-state index in [1.165, 1.54) is 13.0 Å². The molecule has 0 spiro atoms. The van der Waals surface area contributed by atoms with Gasteiger partial charge >= 0.3 is 12.0 Å². The Bertz CT molecular complexity index is 801. The van der Waals surface area contributed by atoms with E-state index in [2.05, 4.69) is 10.6 Å². The first kappa shape index (κ1) is 20.4. The van der Waals surface area contributed by atoms with Gasteiger partial charge in [0.2, 0.25) is 0 Å². The summed E-state index contributed by atoms with van der Waals surface area (Å²) >= 11 is 0.968. The summed E-state index contributed by atoms with van der Waals surface area (Å²) < 4.78 is 18.5. The van der Waals surface area contributed by atoms with E-state index in [9.17, 15) is 18.8 Å². The zero-order valence-corrected chi connectivity index (χ0v) is 15.4. The van der Waals surface area contributed by atoms with E-state index < -0.39 is 29.8 Å². The van der Waals surface area contributed by atoms with Crippen LogP contribution in [0.25, 0.3) is 0 Å². The largest absolute Gasteiger partial charge is 0.452 e. The van der Waals surface area contributed by atoms with E-state index in [0.717, 1.165) is 17.3 Å². The fraction of sp³-hybridized carbons (Fsp3) is 0.211. The van der Waals surface area contributed by atoms with E-state index >= 15 is 0 Å². The van der Waals surface area contributed by atoms with Gasteiger partial charge in [0, 0.05) is 11.4 Å². The maximum Gasteiger partial charge on any atom is 0.321 e. The number of carbonyl (C=O) groups is 3. The molecule has 0 fully saturated rings. The molecule has 0 saturated heterocycles. The van der Waals surface area contributed by atoms with E-state index in [-0.39, 0.29) is 12.3 Å². The molecule has 8 heteroatoms. The number of nitrogens with one attached hydrogen (secondary N) is 2. The molecular weight excluding hydrogens is 371 g/mol. The third kappa shape index (κ3) is 7.10. The van der Waals surface area contributed by atoms with Crippen molar-refractivity contribution in [2.24, 2.45) is 0 Å². The molecule has 3 amide bonds. The standard InChI is InChI=1S/C19H19FN2O4S/c1-13(26-17(23)12-27-16-10-6-5-9-15(16)20)18(24)22-19(25)21-11-14-7-3-2-4-8-14/h2-10,13H,11-12H2,1H3,(H2,21,22,24,25)/t13-/m1/s1. The first-order valence-electron chi connectivity index (χ1n) is 8.15. The Morgan fingerprint density at radius 1 is 1.07 bits per heavy atom. The number of urea groups is 1. The number of benzene rings is 2. The van der Waals surface area contributed by atoms with Crippen molar-refractivity contribution in [2.45, 2.75) is 24.5 Å². The molecule has 27 heavy (non-hydrogen) atoms. The van der Waals surface area contributed by atoms with Crippen LogP contribution < -0.4 is 10.6 Å². The molecule has 1 atom stereocenters. The fourth-order valence-corrected chi connectivity index (χ4v) is 2.74. The van der Waals surface area contributed by atoms with Crippen molar-refractivity contribution in [3.05, 3.63) is 66.0 Å². The molecule has 2 N–H and O–H groups in total. The molecule has 2 aromatic carbocycles. The van der Waals surface area contributed by atoms with Crippen LogP contribution in [0.15, 0.2) is 59.5 Å². The molecule has 2 rings (SSSR count). The highest BCUT2D eigenvalue weighted by molar-refractivity contribution is 8.00. The van der Waals surface area contributed by atoms with Crippen molar-refractivity contribution in [1.29, 1.82) is 0 Å². The van der Waals surface area contributed by atoms with Gasteiger partial charge in [-0.25, -0.2) is 9.18 Å². The molecule has 142 valence electrons. The van der Waals surface area contributed by atoms with E-state index in [4.69, 9.17) is 4.74 Å². The summed E-state index contributed by atoms with van der Waals surface area (Å²) in [6.07, 6.45) is -1.15. The Hall–Kier alpha value is -2.87. The molecule has 0 aliphatic carbocycles. The van der Waals surface area contributed by atoms with Gasteiger partial charge in [-0.15, -0.1) is 11.8 Å². The molecular formula is C19H19FN2O4S. The van der Waals surface area contributed by atoms with Crippen LogP contribution in [0.3, 0.4) is 0 Å². The van der Waals surface area contributed by atoms with Crippen LogP contribution in [0.4, 0.5) is 9.18 Å². The van der Waals surface area contributed by atoms with Crippen LogP contribution in [0, 0.1) is 5.82 Å². The SMILES string of the molecule is C[C@@H](OC(=O)CSc1ccccc1F)C(=O)NC(=O)NCc1ccccc1. The van der Waals surface area contributed by atoms with Gasteiger partial charge in [0.25, 0.3) is 5.91 Å². The molecule has 0 aromatic heterocycles. The molecule has 0 saturated carbocycles. The molecule has 0 radical (unpaired) electrons. The molecule has 0 unspecified atom stereocenters. The predicted octanol–water partition coefficient (Wildman–Crippen LogP) is 2.88. The second-order valence-electron chi connectivity index (χ2n) is 5.51. The van der Waals surface area contributed by atoms with Crippen molar-refractivity contribution in [3.8, 4) is 0 Å². The Kier molecular flexibility index (Phi) is 7.81. The number of rotatable bonds is 7. The monoisotopic (exact) mass is 390 g/mol.